The summed E-state index contributed by atoms with van der Waals surface area (Å²) in [5.41, 5.74) is -0.117. The van der Waals surface area contributed by atoms with E-state index in [-0.39, 0.29) is 29.8 Å². The van der Waals surface area contributed by atoms with Gasteiger partial charge < -0.3 is 24.1 Å². The van der Waals surface area contributed by atoms with E-state index >= 15 is 0 Å². The topological polar surface area (TPSA) is 120 Å². The molecule has 0 aliphatic carbocycles. The monoisotopic (exact) mass is 476 g/mol. The lowest BCUT2D eigenvalue weighted by atomic mass is 9.98. The molecule has 35 heavy (non-hydrogen) atoms. The first kappa shape index (κ1) is 23.7. The fourth-order valence-electron chi connectivity index (χ4n) is 4.04. The highest BCUT2D eigenvalue weighted by Crippen LogP contribution is 2.33. The third-order valence-electron chi connectivity index (χ3n) is 5.92. The van der Waals surface area contributed by atoms with Gasteiger partial charge in [0.05, 0.1) is 19.8 Å². The van der Waals surface area contributed by atoms with Gasteiger partial charge in [-0.25, -0.2) is 0 Å². The van der Waals surface area contributed by atoms with Crippen LogP contribution in [0.4, 0.5) is 0 Å². The molecule has 1 aliphatic heterocycles. The molecule has 1 atom stereocenters. The Morgan fingerprint density at radius 1 is 1.17 bits per heavy atom. The lowest BCUT2D eigenvalue weighted by molar-refractivity contribution is 0.0581. The highest BCUT2D eigenvalue weighted by Gasteiger charge is 2.33. The number of hydrogen-bond donors (Lipinski definition) is 1. The lowest BCUT2D eigenvalue weighted by Gasteiger charge is -2.26. The maximum Gasteiger partial charge on any atom is 0.271 e. The zero-order valence-corrected chi connectivity index (χ0v) is 19.5. The predicted octanol–water partition coefficient (Wildman–Crippen LogP) is 3.02. The Morgan fingerprint density at radius 2 is 1.89 bits per heavy atom. The summed E-state index contributed by atoms with van der Waals surface area (Å²) < 4.78 is 23.0. The van der Waals surface area contributed by atoms with E-state index in [2.05, 4.69) is 0 Å². The Bertz CT molecular complexity index is 1390. The van der Waals surface area contributed by atoms with Crippen LogP contribution in [0.3, 0.4) is 0 Å². The average molecular weight is 476 g/mol. The summed E-state index contributed by atoms with van der Waals surface area (Å²) in [6.45, 7) is 1.42. The van der Waals surface area contributed by atoms with E-state index in [4.69, 9.17) is 18.9 Å². The Morgan fingerprint density at radius 3 is 2.57 bits per heavy atom. The minimum absolute atomic E-state index is 0.0280. The van der Waals surface area contributed by atoms with Crippen LogP contribution in [0.2, 0.25) is 0 Å². The number of nitriles is 1. The zero-order valence-electron chi connectivity index (χ0n) is 19.5. The first-order chi connectivity index (χ1) is 16.9. The number of Topliss-reactive ketones (excluding diaryl/α,β-unsaturated/α-hetero) is 1. The molecule has 2 aromatic carbocycles. The zero-order chi connectivity index (χ0) is 25.1. The number of aromatic hydroxyl groups is 1. The minimum Gasteiger partial charge on any atom is -0.494 e. The molecule has 0 radical (unpaired) electrons. The number of benzene rings is 2. The summed E-state index contributed by atoms with van der Waals surface area (Å²) in [4.78, 5) is 26.4. The van der Waals surface area contributed by atoms with E-state index in [0.29, 0.717) is 29.4 Å². The van der Waals surface area contributed by atoms with Gasteiger partial charge >= 0.3 is 0 Å². The van der Waals surface area contributed by atoms with Crippen molar-refractivity contribution in [2.24, 2.45) is 0 Å². The number of methoxy groups -OCH3 is 2. The maximum absolute atomic E-state index is 13.4. The van der Waals surface area contributed by atoms with Crippen molar-refractivity contribution in [3.05, 3.63) is 75.1 Å². The Hall–Kier alpha value is -4.45. The van der Waals surface area contributed by atoms with Crippen molar-refractivity contribution in [2.75, 3.05) is 20.8 Å². The Balaban J connectivity index is 1.68. The number of carbonyl (C=O) groups excluding carboxylic acids is 1. The number of aromatic nitrogens is 1. The molecule has 2 heterocycles. The quantitative estimate of drug-likeness (QED) is 0.517. The first-order valence-corrected chi connectivity index (χ1v) is 10.9. The molecule has 0 fully saturated rings. The molecule has 0 saturated carbocycles. The number of carbonyl (C=O) groups is 1. The number of fused-ring (bicyclic) bond motifs is 1. The standard InChI is InChI=1S/C26H24N2O7/c1-15-17(13-27)25(30)28(11-10-16-8-9-18(32-2)21(12-16)33-3)26(31)23(15)24(29)22-14-34-19-6-4-5-7-20(19)35-22/h4-9,12,22,31H,10-11,14H2,1-3H3. The average Bonchev–Trinajstić information content (AvgIpc) is 2.88. The summed E-state index contributed by atoms with van der Waals surface area (Å²) in [5.74, 6) is 0.897. The van der Waals surface area contributed by atoms with Gasteiger partial charge in [0, 0.05) is 6.54 Å². The molecule has 4 rings (SSSR count). The highest BCUT2D eigenvalue weighted by atomic mass is 16.6. The van der Waals surface area contributed by atoms with Crippen LogP contribution in [0.1, 0.15) is 27.0 Å². The van der Waals surface area contributed by atoms with Gasteiger partial charge in [-0.3, -0.25) is 14.2 Å². The van der Waals surface area contributed by atoms with Gasteiger partial charge in [0.1, 0.15) is 18.2 Å². The third kappa shape index (κ3) is 4.38. The Labute approximate surface area is 201 Å². The number of para-hydroxylation sites is 2. The van der Waals surface area contributed by atoms with E-state index in [1.54, 1.807) is 42.5 Å². The molecule has 0 spiro atoms. The van der Waals surface area contributed by atoms with Crippen molar-refractivity contribution in [3.8, 4) is 34.9 Å². The van der Waals surface area contributed by atoms with E-state index < -0.39 is 23.3 Å². The van der Waals surface area contributed by atoms with Crippen LogP contribution in [0.25, 0.3) is 0 Å². The molecule has 9 nitrogen and oxygen atoms in total. The maximum atomic E-state index is 13.4. The van der Waals surface area contributed by atoms with Gasteiger partial charge in [0.25, 0.3) is 5.56 Å². The normalized spacial score (nSPS) is 14.2. The lowest BCUT2D eigenvalue weighted by Crippen LogP contribution is -2.38. The predicted molar refractivity (Wildman–Crippen MR) is 126 cm³/mol. The largest absolute Gasteiger partial charge is 0.494 e. The smallest absolute Gasteiger partial charge is 0.271 e. The van der Waals surface area contributed by atoms with Gasteiger partial charge in [-0.1, -0.05) is 18.2 Å². The SMILES string of the molecule is COc1ccc(CCn2c(O)c(C(=O)C3COc4ccccc4O3)c(C)c(C#N)c2=O)cc1OC. The Kier molecular flexibility index (Phi) is 6.64. The molecule has 180 valence electrons. The molecule has 0 bridgehead atoms. The van der Waals surface area contributed by atoms with Crippen LogP contribution in [0.5, 0.6) is 28.9 Å². The van der Waals surface area contributed by atoms with Gasteiger partial charge in [-0.05, 0) is 48.7 Å². The van der Waals surface area contributed by atoms with Crippen LogP contribution < -0.4 is 24.5 Å². The molecule has 1 aliphatic rings. The molecule has 1 unspecified atom stereocenters. The first-order valence-electron chi connectivity index (χ1n) is 10.9. The summed E-state index contributed by atoms with van der Waals surface area (Å²) in [6.07, 6.45) is -0.718. The van der Waals surface area contributed by atoms with E-state index in [1.165, 1.54) is 21.1 Å². The van der Waals surface area contributed by atoms with Gasteiger partial charge in [-0.2, -0.15) is 5.26 Å². The molecular formula is C26H24N2O7. The third-order valence-corrected chi connectivity index (χ3v) is 5.92. The van der Waals surface area contributed by atoms with Crippen molar-refractivity contribution >= 4 is 5.78 Å². The van der Waals surface area contributed by atoms with Crippen molar-refractivity contribution < 1.29 is 28.8 Å². The number of hydrogen-bond acceptors (Lipinski definition) is 8. The van der Waals surface area contributed by atoms with E-state index in [1.807, 2.05) is 6.07 Å². The van der Waals surface area contributed by atoms with Gasteiger partial charge in [0.2, 0.25) is 11.7 Å². The fourth-order valence-corrected chi connectivity index (χ4v) is 4.04. The number of aryl methyl sites for hydroxylation is 1. The summed E-state index contributed by atoms with van der Waals surface area (Å²) in [7, 11) is 3.05. The van der Waals surface area contributed by atoms with Crippen molar-refractivity contribution in [2.45, 2.75) is 26.0 Å². The van der Waals surface area contributed by atoms with E-state index in [0.717, 1.165) is 10.1 Å². The van der Waals surface area contributed by atoms with Crippen molar-refractivity contribution in [1.82, 2.24) is 4.57 Å². The highest BCUT2D eigenvalue weighted by molar-refractivity contribution is 6.03. The van der Waals surface area contributed by atoms with Crippen LogP contribution in [0, 0.1) is 18.3 Å². The van der Waals surface area contributed by atoms with Crippen LogP contribution in [-0.4, -0.2) is 42.4 Å². The second-order valence-electron chi connectivity index (χ2n) is 7.94. The van der Waals surface area contributed by atoms with E-state index in [9.17, 15) is 20.0 Å². The van der Waals surface area contributed by atoms with Crippen molar-refractivity contribution in [1.29, 1.82) is 5.26 Å². The second kappa shape index (κ2) is 9.81. The number of pyridine rings is 1. The molecular weight excluding hydrogens is 452 g/mol. The van der Waals surface area contributed by atoms with Crippen molar-refractivity contribution in [3.63, 3.8) is 0 Å². The van der Waals surface area contributed by atoms with Crippen LogP contribution in [-0.2, 0) is 13.0 Å². The number of nitrogens with zero attached hydrogens (tertiary/aromatic N) is 2. The molecule has 9 heteroatoms. The van der Waals surface area contributed by atoms with Crippen LogP contribution >= 0.6 is 0 Å². The summed E-state index contributed by atoms with van der Waals surface area (Å²) in [6, 6.07) is 14.1. The number of ether oxygens (including phenoxy) is 4. The minimum atomic E-state index is -1.04. The summed E-state index contributed by atoms with van der Waals surface area (Å²) in [5, 5.41) is 20.6. The van der Waals surface area contributed by atoms with Gasteiger partial charge in [-0.15, -0.1) is 0 Å². The number of rotatable bonds is 7. The second-order valence-corrected chi connectivity index (χ2v) is 7.94. The molecule has 3 aromatic rings. The van der Waals surface area contributed by atoms with Gasteiger partial charge in [0.15, 0.2) is 29.1 Å². The summed E-state index contributed by atoms with van der Waals surface area (Å²) >= 11 is 0. The molecule has 1 N–H and O–H groups in total. The number of ketones is 1. The van der Waals surface area contributed by atoms with Crippen LogP contribution in [0.15, 0.2) is 47.3 Å². The fraction of sp³-hybridized carbons (Fsp3) is 0.269. The molecule has 0 amide bonds. The molecule has 1 aromatic heterocycles. The molecule has 0 saturated heterocycles.